The Labute approximate surface area is 121 Å². The fourth-order valence-corrected chi connectivity index (χ4v) is 2.70. The van der Waals surface area contributed by atoms with Gasteiger partial charge in [0.05, 0.1) is 13.1 Å². The summed E-state index contributed by atoms with van der Waals surface area (Å²) in [6, 6.07) is 0. The second-order valence-electron chi connectivity index (χ2n) is 5.93. The maximum Gasteiger partial charge on any atom is 0.236 e. The molecule has 0 aromatic carbocycles. The van der Waals surface area contributed by atoms with Crippen LogP contribution in [0.15, 0.2) is 0 Å². The third-order valence-electron chi connectivity index (χ3n) is 4.14. The quantitative estimate of drug-likeness (QED) is 0.685. The van der Waals surface area contributed by atoms with Crippen LogP contribution in [0.5, 0.6) is 0 Å². The Kier molecular flexibility index (Phi) is 5.37. The third kappa shape index (κ3) is 4.18. The summed E-state index contributed by atoms with van der Waals surface area (Å²) in [5, 5.41) is 0. The lowest BCUT2D eigenvalue weighted by atomic mass is 10.3. The van der Waals surface area contributed by atoms with Gasteiger partial charge in [-0.15, -0.1) is 0 Å². The van der Waals surface area contributed by atoms with Crippen molar-refractivity contribution in [3.63, 3.8) is 0 Å². The van der Waals surface area contributed by atoms with Crippen molar-refractivity contribution < 1.29 is 9.59 Å². The largest absolute Gasteiger partial charge is 0.348 e. The third-order valence-corrected chi connectivity index (χ3v) is 4.14. The van der Waals surface area contributed by atoms with Crippen molar-refractivity contribution in [1.82, 2.24) is 19.6 Å². The van der Waals surface area contributed by atoms with Crippen LogP contribution in [-0.2, 0) is 9.59 Å². The molecular formula is C14H26N4O2. The molecule has 6 nitrogen and oxygen atoms in total. The minimum atomic E-state index is 0.145. The molecule has 2 heterocycles. The van der Waals surface area contributed by atoms with Crippen molar-refractivity contribution >= 4 is 11.8 Å². The lowest BCUT2D eigenvalue weighted by molar-refractivity contribution is -0.133. The number of piperazine rings is 1. The number of likely N-dealkylation sites (N-methyl/N-ethyl adjacent to an activating group) is 1. The van der Waals surface area contributed by atoms with E-state index >= 15 is 0 Å². The maximum atomic E-state index is 12.1. The van der Waals surface area contributed by atoms with Crippen LogP contribution in [0.1, 0.15) is 12.8 Å². The van der Waals surface area contributed by atoms with Gasteiger partial charge >= 0.3 is 0 Å². The van der Waals surface area contributed by atoms with Crippen molar-refractivity contribution in [1.29, 1.82) is 0 Å². The first-order valence-corrected chi connectivity index (χ1v) is 7.49. The van der Waals surface area contributed by atoms with Gasteiger partial charge in [-0.3, -0.25) is 19.4 Å². The predicted molar refractivity (Wildman–Crippen MR) is 77.4 cm³/mol. The zero-order valence-corrected chi connectivity index (χ0v) is 12.7. The molecule has 0 saturated carbocycles. The summed E-state index contributed by atoms with van der Waals surface area (Å²) in [5.74, 6) is 0.409. The van der Waals surface area contributed by atoms with E-state index in [4.69, 9.17) is 0 Å². The molecule has 0 aromatic heterocycles. The number of amides is 2. The highest BCUT2D eigenvalue weighted by molar-refractivity contribution is 5.78. The van der Waals surface area contributed by atoms with Crippen LogP contribution in [0.3, 0.4) is 0 Å². The number of rotatable bonds is 4. The summed E-state index contributed by atoms with van der Waals surface area (Å²) in [4.78, 5) is 31.7. The summed E-state index contributed by atoms with van der Waals surface area (Å²) in [6.45, 7) is 6.36. The number of likely N-dealkylation sites (tertiary alicyclic amines) is 1. The maximum absolute atomic E-state index is 12.1. The molecule has 0 spiro atoms. The van der Waals surface area contributed by atoms with Gasteiger partial charge in [-0.25, -0.2) is 0 Å². The number of hydrogen-bond donors (Lipinski definition) is 0. The van der Waals surface area contributed by atoms with E-state index in [9.17, 15) is 9.59 Å². The van der Waals surface area contributed by atoms with E-state index < -0.39 is 0 Å². The zero-order chi connectivity index (χ0) is 14.5. The lowest BCUT2D eigenvalue weighted by Gasteiger charge is -2.34. The van der Waals surface area contributed by atoms with E-state index in [1.807, 2.05) is 4.90 Å². The molecule has 114 valence electrons. The van der Waals surface area contributed by atoms with Crippen molar-refractivity contribution in [2.24, 2.45) is 0 Å². The van der Waals surface area contributed by atoms with Crippen LogP contribution in [0.2, 0.25) is 0 Å². The van der Waals surface area contributed by atoms with Gasteiger partial charge in [0, 0.05) is 53.4 Å². The van der Waals surface area contributed by atoms with Gasteiger partial charge in [0.1, 0.15) is 0 Å². The minimum Gasteiger partial charge on any atom is -0.348 e. The number of carbonyl (C=O) groups is 2. The van der Waals surface area contributed by atoms with Gasteiger partial charge in [0.25, 0.3) is 0 Å². The second-order valence-corrected chi connectivity index (χ2v) is 5.93. The SMILES string of the molecule is CN(C)C(=O)CN1CCN(CC(=O)N2CCCC2)CC1. The highest BCUT2D eigenvalue weighted by atomic mass is 16.2. The summed E-state index contributed by atoms with van der Waals surface area (Å²) in [7, 11) is 3.57. The van der Waals surface area contributed by atoms with Gasteiger partial charge in [-0.2, -0.15) is 0 Å². The van der Waals surface area contributed by atoms with Crippen LogP contribution in [0.25, 0.3) is 0 Å². The Bertz CT molecular complexity index is 345. The molecule has 0 aromatic rings. The Hall–Kier alpha value is -1.14. The Morgan fingerprint density at radius 1 is 0.850 bits per heavy atom. The molecule has 0 aliphatic carbocycles. The topological polar surface area (TPSA) is 47.1 Å². The van der Waals surface area contributed by atoms with E-state index in [0.717, 1.165) is 52.1 Å². The highest BCUT2D eigenvalue weighted by Gasteiger charge is 2.24. The number of hydrogen-bond acceptors (Lipinski definition) is 4. The van der Waals surface area contributed by atoms with Crippen molar-refractivity contribution in [3.05, 3.63) is 0 Å². The smallest absolute Gasteiger partial charge is 0.236 e. The molecule has 0 radical (unpaired) electrons. The molecule has 0 N–H and O–H groups in total. The summed E-state index contributed by atoms with van der Waals surface area (Å²) in [5.41, 5.74) is 0. The zero-order valence-electron chi connectivity index (χ0n) is 12.7. The first kappa shape index (κ1) is 15.3. The van der Waals surface area contributed by atoms with Crippen LogP contribution in [-0.4, -0.2) is 97.9 Å². The van der Waals surface area contributed by atoms with E-state index in [1.54, 1.807) is 19.0 Å². The van der Waals surface area contributed by atoms with Crippen LogP contribution >= 0.6 is 0 Å². The molecule has 0 atom stereocenters. The fraction of sp³-hybridized carbons (Fsp3) is 0.857. The first-order valence-electron chi connectivity index (χ1n) is 7.49. The molecule has 0 bridgehead atoms. The first-order chi connectivity index (χ1) is 9.56. The van der Waals surface area contributed by atoms with Gasteiger partial charge in [0.2, 0.25) is 11.8 Å². The molecule has 20 heavy (non-hydrogen) atoms. The lowest BCUT2D eigenvalue weighted by Crippen LogP contribution is -2.51. The van der Waals surface area contributed by atoms with E-state index in [0.29, 0.717) is 13.1 Å². The second kappa shape index (κ2) is 7.04. The van der Waals surface area contributed by atoms with Crippen LogP contribution < -0.4 is 0 Å². The van der Waals surface area contributed by atoms with Crippen molar-refractivity contribution in [2.75, 3.05) is 66.5 Å². The molecule has 2 aliphatic rings. The summed E-state index contributed by atoms with van der Waals surface area (Å²) < 4.78 is 0. The van der Waals surface area contributed by atoms with E-state index in [-0.39, 0.29) is 11.8 Å². The Morgan fingerprint density at radius 2 is 1.35 bits per heavy atom. The number of nitrogens with zero attached hydrogens (tertiary/aromatic N) is 4. The molecule has 6 heteroatoms. The average molecular weight is 282 g/mol. The number of carbonyl (C=O) groups excluding carboxylic acids is 2. The van der Waals surface area contributed by atoms with Gasteiger partial charge < -0.3 is 9.80 Å². The molecule has 2 rings (SSSR count). The molecular weight excluding hydrogens is 256 g/mol. The molecule has 2 saturated heterocycles. The van der Waals surface area contributed by atoms with Gasteiger partial charge in [-0.1, -0.05) is 0 Å². The Balaban J connectivity index is 1.68. The molecule has 2 fully saturated rings. The van der Waals surface area contributed by atoms with Gasteiger partial charge in [0.15, 0.2) is 0 Å². The van der Waals surface area contributed by atoms with E-state index in [1.165, 1.54) is 0 Å². The van der Waals surface area contributed by atoms with Crippen molar-refractivity contribution in [2.45, 2.75) is 12.8 Å². The van der Waals surface area contributed by atoms with Gasteiger partial charge in [-0.05, 0) is 12.8 Å². The normalized spacial score (nSPS) is 21.2. The van der Waals surface area contributed by atoms with Crippen molar-refractivity contribution in [3.8, 4) is 0 Å². The Morgan fingerprint density at radius 3 is 1.85 bits per heavy atom. The molecule has 2 amide bonds. The van der Waals surface area contributed by atoms with Crippen LogP contribution in [0.4, 0.5) is 0 Å². The summed E-state index contributed by atoms with van der Waals surface area (Å²) >= 11 is 0. The minimum absolute atomic E-state index is 0.145. The summed E-state index contributed by atoms with van der Waals surface area (Å²) in [6.07, 6.45) is 2.29. The van der Waals surface area contributed by atoms with Crippen LogP contribution in [0, 0.1) is 0 Å². The van der Waals surface area contributed by atoms with E-state index in [2.05, 4.69) is 9.80 Å². The molecule has 0 unspecified atom stereocenters. The monoisotopic (exact) mass is 282 g/mol. The standard InChI is InChI=1S/C14H26N4O2/c1-15(2)13(19)11-16-7-9-17(10-8-16)12-14(20)18-5-3-4-6-18/h3-12H2,1-2H3. The highest BCUT2D eigenvalue weighted by Crippen LogP contribution is 2.09. The predicted octanol–water partition coefficient (Wildman–Crippen LogP) is -0.685. The molecule has 2 aliphatic heterocycles. The average Bonchev–Trinajstić information content (AvgIpc) is 2.95. The fourth-order valence-electron chi connectivity index (χ4n) is 2.70.